The first kappa shape index (κ1) is 34.9. The maximum Gasteiger partial charge on any atom is 0.417 e. The molecule has 0 saturated heterocycles. The van der Waals surface area contributed by atoms with E-state index in [1.54, 1.807) is 37.4 Å². The molecule has 0 unspecified atom stereocenters. The molecule has 6 nitrogen and oxygen atoms in total. The van der Waals surface area contributed by atoms with E-state index < -0.39 is 11.7 Å². The average molecular weight is 701 g/mol. The second-order valence-corrected chi connectivity index (χ2v) is 12.4. The van der Waals surface area contributed by atoms with E-state index in [-0.39, 0.29) is 30.2 Å². The van der Waals surface area contributed by atoms with Crippen LogP contribution in [0.15, 0.2) is 121 Å². The van der Waals surface area contributed by atoms with E-state index >= 15 is 0 Å². The summed E-state index contributed by atoms with van der Waals surface area (Å²) in [7, 11) is 1.69. The molecule has 1 heterocycles. The molecule has 1 aliphatic heterocycles. The van der Waals surface area contributed by atoms with Gasteiger partial charge in [-0.15, -0.1) is 0 Å². The second-order valence-electron chi connectivity index (χ2n) is 12.0. The Morgan fingerprint density at radius 1 is 0.840 bits per heavy atom. The number of alkyl halides is 3. The van der Waals surface area contributed by atoms with Crippen LogP contribution in [0.1, 0.15) is 45.0 Å². The third-order valence-corrected chi connectivity index (χ3v) is 9.09. The third kappa shape index (κ3) is 8.41. The first-order valence-electron chi connectivity index (χ1n) is 16.2. The Balaban J connectivity index is 1.16. The molecule has 0 aromatic heterocycles. The highest BCUT2D eigenvalue weighted by molar-refractivity contribution is 6.32. The number of anilines is 1. The molecule has 5 aromatic rings. The standard InChI is InChI=1S/C40H36ClF3N2O4/c1-45(39(47)30-19-20-36-37(23-30)50-27-49-36)32-16-9-17-33(24-32)48-22-10-21-46(25-31-15-8-18-35(38(31)41)40(42,43)44)26-34(28-11-4-2-5-12-28)29-13-6-3-7-14-29/h2-9,11-20,23-24,34H,10,21-22,25-27H2,1H3. The van der Waals surface area contributed by atoms with Crippen molar-refractivity contribution in [3.8, 4) is 17.2 Å². The second kappa shape index (κ2) is 15.7. The van der Waals surface area contributed by atoms with E-state index in [9.17, 15) is 18.0 Å². The molecule has 0 fully saturated rings. The van der Waals surface area contributed by atoms with Gasteiger partial charge in [0.2, 0.25) is 6.79 Å². The maximum absolute atomic E-state index is 13.7. The summed E-state index contributed by atoms with van der Waals surface area (Å²) in [6.07, 6.45) is -3.97. The Labute approximate surface area is 294 Å². The van der Waals surface area contributed by atoms with Crippen LogP contribution in [0.3, 0.4) is 0 Å². The van der Waals surface area contributed by atoms with Crippen LogP contribution in [-0.4, -0.2) is 44.3 Å². The number of benzene rings is 5. The van der Waals surface area contributed by atoms with Gasteiger partial charge in [-0.3, -0.25) is 9.69 Å². The number of carbonyl (C=O) groups is 1. The van der Waals surface area contributed by atoms with Crippen molar-refractivity contribution >= 4 is 23.2 Å². The van der Waals surface area contributed by atoms with E-state index in [0.29, 0.717) is 60.2 Å². The van der Waals surface area contributed by atoms with Crippen molar-refractivity contribution in [2.75, 3.05) is 38.4 Å². The summed E-state index contributed by atoms with van der Waals surface area (Å²) in [5.41, 5.74) is 2.89. The molecule has 0 N–H and O–H groups in total. The minimum atomic E-state index is -4.56. The summed E-state index contributed by atoms with van der Waals surface area (Å²) in [5.74, 6) is 1.48. The highest BCUT2D eigenvalue weighted by Gasteiger charge is 2.34. The number of halogens is 4. The van der Waals surface area contributed by atoms with E-state index in [1.807, 2.05) is 54.6 Å². The largest absolute Gasteiger partial charge is 0.493 e. The third-order valence-electron chi connectivity index (χ3n) is 8.64. The number of hydrogen-bond acceptors (Lipinski definition) is 5. The number of amides is 1. The lowest BCUT2D eigenvalue weighted by molar-refractivity contribution is -0.137. The van der Waals surface area contributed by atoms with Crippen molar-refractivity contribution in [3.63, 3.8) is 0 Å². The number of carbonyl (C=O) groups excluding carboxylic acids is 1. The molecule has 0 saturated carbocycles. The van der Waals surface area contributed by atoms with Crippen molar-refractivity contribution in [1.82, 2.24) is 4.90 Å². The molecule has 0 aliphatic carbocycles. The topological polar surface area (TPSA) is 51.2 Å². The normalized spacial score (nSPS) is 12.4. The lowest BCUT2D eigenvalue weighted by atomic mass is 9.90. The summed E-state index contributed by atoms with van der Waals surface area (Å²) >= 11 is 6.36. The summed E-state index contributed by atoms with van der Waals surface area (Å²) in [6, 6.07) is 36.5. The van der Waals surface area contributed by atoms with Crippen LogP contribution in [0.2, 0.25) is 5.02 Å². The Morgan fingerprint density at radius 3 is 2.22 bits per heavy atom. The van der Waals surface area contributed by atoms with E-state index in [4.69, 9.17) is 25.8 Å². The number of rotatable bonds is 13. The maximum atomic E-state index is 13.7. The molecule has 1 amide bonds. The van der Waals surface area contributed by atoms with Crippen LogP contribution in [0.5, 0.6) is 17.2 Å². The molecular formula is C40H36ClF3N2O4. The van der Waals surface area contributed by atoms with Gasteiger partial charge in [-0.1, -0.05) is 90.5 Å². The molecule has 6 rings (SSSR count). The predicted molar refractivity (Wildman–Crippen MR) is 188 cm³/mol. The van der Waals surface area contributed by atoms with Crippen LogP contribution in [0.25, 0.3) is 0 Å². The van der Waals surface area contributed by atoms with Gasteiger partial charge in [-0.2, -0.15) is 13.2 Å². The fourth-order valence-electron chi connectivity index (χ4n) is 6.03. The summed E-state index contributed by atoms with van der Waals surface area (Å²) in [6.45, 7) is 1.77. The minimum Gasteiger partial charge on any atom is -0.493 e. The monoisotopic (exact) mass is 700 g/mol. The van der Waals surface area contributed by atoms with Crippen molar-refractivity contribution < 1.29 is 32.2 Å². The molecule has 0 radical (unpaired) electrons. The van der Waals surface area contributed by atoms with Gasteiger partial charge in [0, 0.05) is 49.9 Å². The van der Waals surface area contributed by atoms with Gasteiger partial charge in [0.05, 0.1) is 17.2 Å². The van der Waals surface area contributed by atoms with E-state index in [1.165, 1.54) is 11.0 Å². The summed E-state index contributed by atoms with van der Waals surface area (Å²) in [5, 5.41) is -0.284. The highest BCUT2D eigenvalue weighted by atomic mass is 35.5. The predicted octanol–water partition coefficient (Wildman–Crippen LogP) is 9.47. The molecule has 0 spiro atoms. The smallest absolute Gasteiger partial charge is 0.417 e. The van der Waals surface area contributed by atoms with Crippen molar-refractivity contribution in [2.45, 2.75) is 25.1 Å². The summed E-state index contributed by atoms with van der Waals surface area (Å²) in [4.78, 5) is 16.9. The number of ether oxygens (including phenoxy) is 3. The van der Waals surface area contributed by atoms with Gasteiger partial charge in [-0.05, 0) is 59.5 Å². The Kier molecular flexibility index (Phi) is 10.9. The zero-order valence-electron chi connectivity index (χ0n) is 27.4. The van der Waals surface area contributed by atoms with Crippen molar-refractivity contribution in [2.24, 2.45) is 0 Å². The molecule has 0 bridgehead atoms. The van der Waals surface area contributed by atoms with E-state index in [0.717, 1.165) is 17.2 Å². The van der Waals surface area contributed by atoms with Crippen LogP contribution in [0.4, 0.5) is 18.9 Å². The van der Waals surface area contributed by atoms with E-state index in [2.05, 4.69) is 29.2 Å². The van der Waals surface area contributed by atoms with Gasteiger partial charge < -0.3 is 19.1 Å². The number of hydrogen-bond donors (Lipinski definition) is 0. The van der Waals surface area contributed by atoms with Crippen molar-refractivity contribution in [3.05, 3.63) is 154 Å². The Hall–Kier alpha value is -4.99. The quantitative estimate of drug-likeness (QED) is 0.115. The van der Waals surface area contributed by atoms with Crippen LogP contribution in [-0.2, 0) is 12.7 Å². The number of fused-ring (bicyclic) bond motifs is 1. The van der Waals surface area contributed by atoms with Crippen LogP contribution >= 0.6 is 11.6 Å². The van der Waals surface area contributed by atoms with Gasteiger partial charge in [-0.25, -0.2) is 0 Å². The minimum absolute atomic E-state index is 0.0302. The first-order chi connectivity index (χ1) is 24.2. The van der Waals surface area contributed by atoms with Crippen molar-refractivity contribution in [1.29, 1.82) is 0 Å². The van der Waals surface area contributed by atoms with Gasteiger partial charge in [0.15, 0.2) is 11.5 Å². The molecule has 5 aromatic carbocycles. The van der Waals surface area contributed by atoms with Gasteiger partial charge >= 0.3 is 6.18 Å². The zero-order chi connectivity index (χ0) is 35.1. The molecule has 50 heavy (non-hydrogen) atoms. The Morgan fingerprint density at radius 2 is 1.52 bits per heavy atom. The first-order valence-corrected chi connectivity index (χ1v) is 16.6. The number of nitrogens with zero attached hydrogens (tertiary/aromatic N) is 2. The van der Waals surface area contributed by atoms with Crippen LogP contribution in [0, 0.1) is 0 Å². The molecule has 1 aliphatic rings. The fraction of sp³-hybridized carbons (Fsp3) is 0.225. The summed E-state index contributed by atoms with van der Waals surface area (Å²) < 4.78 is 58.1. The molecule has 10 heteroatoms. The Bertz CT molecular complexity index is 1870. The zero-order valence-corrected chi connectivity index (χ0v) is 28.2. The van der Waals surface area contributed by atoms with Gasteiger partial charge in [0.25, 0.3) is 5.91 Å². The molecule has 258 valence electrons. The SMILES string of the molecule is CN(C(=O)c1ccc2c(c1)OCO2)c1cccc(OCCCN(Cc2cccc(C(F)(F)F)c2Cl)CC(c2ccccc2)c2ccccc2)c1. The van der Waals surface area contributed by atoms with Crippen LogP contribution < -0.4 is 19.1 Å². The highest BCUT2D eigenvalue weighted by Crippen LogP contribution is 2.37. The lowest BCUT2D eigenvalue weighted by Crippen LogP contribution is -2.31. The molecular weight excluding hydrogens is 665 g/mol. The lowest BCUT2D eigenvalue weighted by Gasteiger charge is -2.29. The average Bonchev–Trinajstić information content (AvgIpc) is 3.61. The van der Waals surface area contributed by atoms with Gasteiger partial charge in [0.1, 0.15) is 5.75 Å². The molecule has 0 atom stereocenters. The fourth-order valence-corrected chi connectivity index (χ4v) is 6.32.